The van der Waals surface area contributed by atoms with Crippen molar-refractivity contribution in [2.75, 3.05) is 12.4 Å². The predicted octanol–water partition coefficient (Wildman–Crippen LogP) is 5.41. The zero-order valence-corrected chi connectivity index (χ0v) is 20.9. The van der Waals surface area contributed by atoms with Gasteiger partial charge in [-0.05, 0) is 62.4 Å². The number of thioether (sulfide) groups is 1. The molecule has 0 saturated heterocycles. The summed E-state index contributed by atoms with van der Waals surface area (Å²) in [4.78, 5) is 12.9. The minimum atomic E-state index is -0.463. The van der Waals surface area contributed by atoms with Crippen LogP contribution in [0.2, 0.25) is 0 Å². The molecule has 9 heteroatoms. The maximum atomic E-state index is 12.9. The average Bonchev–Trinajstić information content (AvgIpc) is 3.33. The molecular formula is C27H25N5O3S. The number of ether oxygens (including phenoxy) is 2. The normalized spacial score (nSPS) is 12.3. The molecule has 0 fully saturated rings. The van der Waals surface area contributed by atoms with Crippen molar-refractivity contribution in [3.8, 4) is 23.3 Å². The van der Waals surface area contributed by atoms with Crippen molar-refractivity contribution in [2.24, 2.45) is 0 Å². The Hall–Kier alpha value is -4.29. The summed E-state index contributed by atoms with van der Waals surface area (Å²) in [5.74, 6) is 1.76. The molecule has 3 aromatic carbocycles. The molecule has 0 aliphatic carbocycles. The maximum absolute atomic E-state index is 12.9. The van der Waals surface area contributed by atoms with E-state index in [4.69, 9.17) is 14.7 Å². The Kier molecular flexibility index (Phi) is 7.88. The van der Waals surface area contributed by atoms with E-state index in [2.05, 4.69) is 21.6 Å². The number of anilines is 1. The summed E-state index contributed by atoms with van der Waals surface area (Å²) in [7, 11) is 1.61. The van der Waals surface area contributed by atoms with Crippen LogP contribution in [0.1, 0.15) is 31.3 Å². The Morgan fingerprint density at radius 1 is 1.00 bits per heavy atom. The number of hydrogen-bond donors (Lipinski definition) is 1. The number of para-hydroxylation sites is 1. The van der Waals surface area contributed by atoms with Crippen LogP contribution in [0, 0.1) is 11.3 Å². The molecule has 1 aromatic heterocycles. The second kappa shape index (κ2) is 11.4. The predicted molar refractivity (Wildman–Crippen MR) is 139 cm³/mol. The fourth-order valence-electron chi connectivity index (χ4n) is 3.46. The smallest absolute Gasteiger partial charge is 0.237 e. The van der Waals surface area contributed by atoms with E-state index in [9.17, 15) is 4.79 Å². The lowest BCUT2D eigenvalue weighted by atomic mass is 10.2. The molecule has 0 saturated carbocycles. The zero-order valence-electron chi connectivity index (χ0n) is 20.1. The summed E-state index contributed by atoms with van der Waals surface area (Å²) < 4.78 is 13.3. The van der Waals surface area contributed by atoms with Gasteiger partial charge in [-0.15, -0.1) is 10.2 Å². The number of rotatable bonds is 9. The third kappa shape index (κ3) is 5.85. The lowest BCUT2D eigenvalue weighted by Gasteiger charge is -2.18. The van der Waals surface area contributed by atoms with Crippen molar-refractivity contribution >= 4 is 23.4 Å². The fourth-order valence-corrected chi connectivity index (χ4v) is 4.33. The second-order valence-corrected chi connectivity index (χ2v) is 9.20. The first-order valence-corrected chi connectivity index (χ1v) is 12.2. The molecule has 4 rings (SSSR count). The van der Waals surface area contributed by atoms with Crippen LogP contribution in [-0.4, -0.2) is 33.0 Å². The highest BCUT2D eigenvalue weighted by molar-refractivity contribution is 8.00. The zero-order chi connectivity index (χ0) is 25.5. The number of nitriles is 1. The summed E-state index contributed by atoms with van der Waals surface area (Å²) >= 11 is 1.30. The topological polar surface area (TPSA) is 102 Å². The Morgan fingerprint density at radius 3 is 2.42 bits per heavy atom. The van der Waals surface area contributed by atoms with E-state index in [1.807, 2.05) is 73.0 Å². The molecule has 2 atom stereocenters. The van der Waals surface area contributed by atoms with E-state index < -0.39 is 11.4 Å². The number of methoxy groups -OCH3 is 1. The quantitative estimate of drug-likeness (QED) is 0.307. The van der Waals surface area contributed by atoms with Gasteiger partial charge in [-0.1, -0.05) is 36.0 Å². The lowest BCUT2D eigenvalue weighted by molar-refractivity contribution is -0.115. The first-order chi connectivity index (χ1) is 17.5. The molecule has 1 amide bonds. The maximum Gasteiger partial charge on any atom is 0.237 e. The molecular weight excluding hydrogens is 474 g/mol. The monoisotopic (exact) mass is 499 g/mol. The number of nitrogens with zero attached hydrogens (tertiary/aromatic N) is 4. The molecule has 4 aromatic rings. The molecule has 0 radical (unpaired) electrons. The molecule has 2 unspecified atom stereocenters. The van der Waals surface area contributed by atoms with Gasteiger partial charge < -0.3 is 14.8 Å². The molecule has 36 heavy (non-hydrogen) atoms. The van der Waals surface area contributed by atoms with E-state index in [1.54, 1.807) is 31.4 Å². The van der Waals surface area contributed by atoms with Gasteiger partial charge in [-0.25, -0.2) is 0 Å². The number of aromatic nitrogens is 3. The Bertz CT molecular complexity index is 1370. The van der Waals surface area contributed by atoms with Crippen LogP contribution in [0.25, 0.3) is 5.69 Å². The van der Waals surface area contributed by atoms with Gasteiger partial charge in [0.25, 0.3) is 0 Å². The van der Waals surface area contributed by atoms with Gasteiger partial charge in [-0.3, -0.25) is 9.36 Å². The van der Waals surface area contributed by atoms with Crippen LogP contribution in [-0.2, 0) is 4.79 Å². The Labute approximate surface area is 213 Å². The average molecular weight is 500 g/mol. The highest BCUT2D eigenvalue weighted by Crippen LogP contribution is 2.31. The highest BCUT2D eigenvalue weighted by atomic mass is 32.2. The van der Waals surface area contributed by atoms with Crippen LogP contribution in [0.4, 0.5) is 5.69 Å². The van der Waals surface area contributed by atoms with Gasteiger partial charge in [0.05, 0.1) is 24.0 Å². The van der Waals surface area contributed by atoms with Crippen LogP contribution in [0.5, 0.6) is 11.5 Å². The van der Waals surface area contributed by atoms with E-state index in [1.165, 1.54) is 11.8 Å². The van der Waals surface area contributed by atoms with E-state index in [0.29, 0.717) is 33.7 Å². The van der Waals surface area contributed by atoms with Gasteiger partial charge in [0.15, 0.2) is 17.1 Å². The van der Waals surface area contributed by atoms with Gasteiger partial charge in [0, 0.05) is 17.4 Å². The first-order valence-electron chi connectivity index (χ1n) is 11.3. The van der Waals surface area contributed by atoms with Gasteiger partial charge in [0.2, 0.25) is 5.91 Å². The number of amides is 1. The van der Waals surface area contributed by atoms with Crippen molar-refractivity contribution in [1.29, 1.82) is 5.26 Å². The molecule has 0 spiro atoms. The summed E-state index contributed by atoms with van der Waals surface area (Å²) in [6, 6.07) is 25.9. The van der Waals surface area contributed by atoms with Crippen molar-refractivity contribution in [3.05, 3.63) is 90.3 Å². The summed E-state index contributed by atoms with van der Waals surface area (Å²) in [5, 5.41) is 20.8. The Morgan fingerprint density at radius 2 is 1.72 bits per heavy atom. The van der Waals surface area contributed by atoms with Gasteiger partial charge in [-0.2, -0.15) is 5.26 Å². The number of carbonyl (C=O) groups excluding carboxylic acids is 1. The van der Waals surface area contributed by atoms with Crippen LogP contribution < -0.4 is 14.8 Å². The fraction of sp³-hybridized carbons (Fsp3) is 0.185. The van der Waals surface area contributed by atoms with Crippen LogP contribution in [0.15, 0.2) is 84.0 Å². The van der Waals surface area contributed by atoms with Gasteiger partial charge >= 0.3 is 0 Å². The van der Waals surface area contributed by atoms with Crippen LogP contribution >= 0.6 is 11.8 Å². The summed E-state index contributed by atoms with van der Waals surface area (Å²) in [6.45, 7) is 3.71. The van der Waals surface area contributed by atoms with Gasteiger partial charge in [0.1, 0.15) is 11.5 Å². The van der Waals surface area contributed by atoms with Crippen molar-refractivity contribution in [3.63, 3.8) is 0 Å². The second-order valence-electron chi connectivity index (χ2n) is 7.89. The summed E-state index contributed by atoms with van der Waals surface area (Å²) in [6.07, 6.45) is -0.429. The molecule has 8 nitrogen and oxygen atoms in total. The molecule has 182 valence electrons. The number of carbonyl (C=O) groups is 1. The third-order valence-electron chi connectivity index (χ3n) is 5.32. The van der Waals surface area contributed by atoms with Crippen LogP contribution in [0.3, 0.4) is 0 Å². The van der Waals surface area contributed by atoms with E-state index in [-0.39, 0.29) is 5.91 Å². The van der Waals surface area contributed by atoms with E-state index >= 15 is 0 Å². The largest absolute Gasteiger partial charge is 0.497 e. The van der Waals surface area contributed by atoms with E-state index in [0.717, 1.165) is 5.69 Å². The lowest BCUT2D eigenvalue weighted by Crippen LogP contribution is -2.23. The van der Waals surface area contributed by atoms with Crippen molar-refractivity contribution < 1.29 is 14.3 Å². The third-order valence-corrected chi connectivity index (χ3v) is 6.37. The number of nitrogens with one attached hydrogen (secondary N) is 1. The molecule has 1 N–H and O–H groups in total. The SMILES string of the molecule is COc1cccc(OC(C)c2nnc(SC(C)C(=O)Nc3ccc(C#N)cc3)n2-c2ccccc2)c1. The minimum absolute atomic E-state index is 0.186. The molecule has 0 bridgehead atoms. The molecule has 1 heterocycles. The first kappa shape index (κ1) is 24.8. The standard InChI is InChI=1S/C27H25N5O3S/c1-18(35-24-11-7-10-23(16-24)34-3)25-30-31-27(32(25)22-8-5-4-6-9-22)36-19(2)26(33)29-21-14-12-20(17-28)13-15-21/h4-16,18-19H,1-3H3,(H,29,33). The molecule has 0 aliphatic rings. The van der Waals surface area contributed by atoms with Crippen molar-refractivity contribution in [2.45, 2.75) is 30.4 Å². The number of benzene rings is 3. The molecule has 0 aliphatic heterocycles. The Balaban J connectivity index is 1.56. The number of hydrogen-bond acceptors (Lipinski definition) is 7. The minimum Gasteiger partial charge on any atom is -0.497 e. The summed E-state index contributed by atoms with van der Waals surface area (Å²) in [5.41, 5.74) is 2.02. The highest BCUT2D eigenvalue weighted by Gasteiger charge is 2.24. The van der Waals surface area contributed by atoms with Crippen molar-refractivity contribution in [1.82, 2.24) is 14.8 Å².